The van der Waals surface area contributed by atoms with E-state index in [1.165, 1.54) is 0 Å². The molecule has 4 nitrogen and oxygen atoms in total. The van der Waals surface area contributed by atoms with E-state index >= 15 is 0 Å². The zero-order chi connectivity index (χ0) is 13.9. The number of allylic oxidation sites excluding steroid dienone is 1. The summed E-state index contributed by atoms with van der Waals surface area (Å²) in [6.07, 6.45) is 4.13. The first-order valence-electron chi connectivity index (χ1n) is 6.33. The van der Waals surface area contributed by atoms with Crippen molar-refractivity contribution in [3.8, 4) is 0 Å². The molecule has 2 rings (SSSR count). The van der Waals surface area contributed by atoms with Crippen molar-refractivity contribution < 1.29 is 14.7 Å². The Kier molecular flexibility index (Phi) is 3.69. The van der Waals surface area contributed by atoms with Crippen molar-refractivity contribution >= 4 is 17.6 Å². The molecule has 2 N–H and O–H groups in total. The molecule has 0 saturated heterocycles. The number of amides is 1. The third-order valence-corrected chi connectivity index (χ3v) is 3.46. The van der Waals surface area contributed by atoms with E-state index in [2.05, 4.69) is 11.9 Å². The van der Waals surface area contributed by atoms with Crippen LogP contribution in [-0.2, 0) is 15.0 Å². The quantitative estimate of drug-likeness (QED) is 0.772. The van der Waals surface area contributed by atoms with Crippen LogP contribution in [0.25, 0.3) is 0 Å². The maximum absolute atomic E-state index is 11.5. The van der Waals surface area contributed by atoms with Gasteiger partial charge in [-0.15, -0.1) is 6.58 Å². The minimum Gasteiger partial charge on any atom is -0.481 e. The molecule has 0 unspecified atom stereocenters. The number of aliphatic carboxylic acids is 1. The van der Waals surface area contributed by atoms with E-state index in [0.717, 1.165) is 5.56 Å². The van der Waals surface area contributed by atoms with Crippen LogP contribution in [0, 0.1) is 0 Å². The van der Waals surface area contributed by atoms with Crippen molar-refractivity contribution in [3.63, 3.8) is 0 Å². The lowest BCUT2D eigenvalue weighted by Gasteiger charge is -2.11. The fourth-order valence-electron chi connectivity index (χ4n) is 2.08. The molecule has 1 aliphatic carbocycles. The predicted molar refractivity (Wildman–Crippen MR) is 73.1 cm³/mol. The van der Waals surface area contributed by atoms with E-state index in [9.17, 15) is 14.7 Å². The van der Waals surface area contributed by atoms with Crippen LogP contribution < -0.4 is 5.32 Å². The highest BCUT2D eigenvalue weighted by atomic mass is 16.4. The second-order valence-electron chi connectivity index (χ2n) is 4.84. The Hall–Kier alpha value is -2.10. The predicted octanol–water partition coefficient (Wildman–Crippen LogP) is 2.71. The fourth-order valence-corrected chi connectivity index (χ4v) is 2.08. The van der Waals surface area contributed by atoms with Crippen LogP contribution in [0.1, 0.15) is 31.2 Å². The van der Waals surface area contributed by atoms with Crippen molar-refractivity contribution in [2.24, 2.45) is 0 Å². The molecule has 1 fully saturated rings. The molecule has 100 valence electrons. The summed E-state index contributed by atoms with van der Waals surface area (Å²) in [5.41, 5.74) is 0.814. The van der Waals surface area contributed by atoms with Gasteiger partial charge in [-0.05, 0) is 37.0 Å². The summed E-state index contributed by atoms with van der Waals surface area (Å²) < 4.78 is 0. The van der Waals surface area contributed by atoms with E-state index in [1.54, 1.807) is 30.3 Å². The first kappa shape index (κ1) is 13.3. The van der Waals surface area contributed by atoms with Gasteiger partial charge in [0.1, 0.15) is 0 Å². The number of benzene rings is 1. The molecule has 1 aliphatic rings. The largest absolute Gasteiger partial charge is 0.481 e. The molecule has 1 aromatic carbocycles. The van der Waals surface area contributed by atoms with Crippen molar-refractivity contribution in [2.75, 3.05) is 5.32 Å². The Morgan fingerprint density at radius 1 is 1.32 bits per heavy atom. The van der Waals surface area contributed by atoms with E-state index in [1.807, 2.05) is 0 Å². The number of hydrogen-bond donors (Lipinski definition) is 2. The van der Waals surface area contributed by atoms with Crippen LogP contribution in [0.5, 0.6) is 0 Å². The van der Waals surface area contributed by atoms with Crippen LogP contribution in [0.2, 0.25) is 0 Å². The number of carbonyl (C=O) groups excluding carboxylic acids is 1. The number of carboxylic acids is 1. The molecule has 0 aromatic heterocycles. The summed E-state index contributed by atoms with van der Waals surface area (Å²) >= 11 is 0. The number of carbonyl (C=O) groups is 2. The van der Waals surface area contributed by atoms with Gasteiger partial charge in [-0.1, -0.05) is 18.2 Å². The van der Waals surface area contributed by atoms with E-state index in [-0.39, 0.29) is 5.91 Å². The monoisotopic (exact) mass is 259 g/mol. The van der Waals surface area contributed by atoms with Crippen LogP contribution in [0.3, 0.4) is 0 Å². The van der Waals surface area contributed by atoms with Gasteiger partial charge in [-0.25, -0.2) is 0 Å². The second-order valence-corrected chi connectivity index (χ2v) is 4.84. The lowest BCUT2D eigenvalue weighted by molar-refractivity contribution is -0.140. The van der Waals surface area contributed by atoms with E-state index in [4.69, 9.17) is 0 Å². The maximum Gasteiger partial charge on any atom is 0.314 e. The van der Waals surface area contributed by atoms with Gasteiger partial charge < -0.3 is 10.4 Å². The van der Waals surface area contributed by atoms with Crippen molar-refractivity contribution in [1.29, 1.82) is 0 Å². The Labute approximate surface area is 112 Å². The molecule has 0 aliphatic heterocycles. The van der Waals surface area contributed by atoms with Crippen LogP contribution in [-0.4, -0.2) is 17.0 Å². The summed E-state index contributed by atoms with van der Waals surface area (Å²) in [6.45, 7) is 3.57. The molecule has 19 heavy (non-hydrogen) atoms. The third kappa shape index (κ3) is 2.84. The average Bonchev–Trinajstić information content (AvgIpc) is 3.19. The smallest absolute Gasteiger partial charge is 0.314 e. The second kappa shape index (κ2) is 5.26. The Bertz CT molecular complexity index is 501. The standard InChI is InChI=1S/C15H17NO3/c1-2-3-4-13(17)16-12-7-5-11(6-8-12)15(9-10-15)14(18)19/h2,5-8H,1,3-4,9-10H2,(H,16,17)(H,18,19). The molecular weight excluding hydrogens is 242 g/mol. The number of nitrogens with one attached hydrogen (secondary N) is 1. The van der Waals surface area contributed by atoms with Gasteiger partial charge in [0.15, 0.2) is 0 Å². The van der Waals surface area contributed by atoms with Gasteiger partial charge in [0.05, 0.1) is 5.41 Å². The summed E-state index contributed by atoms with van der Waals surface area (Å²) in [6, 6.07) is 7.07. The molecule has 1 saturated carbocycles. The SMILES string of the molecule is C=CCCC(=O)Nc1ccc(C2(C(=O)O)CC2)cc1. The Morgan fingerprint density at radius 3 is 2.42 bits per heavy atom. The van der Waals surface area contributed by atoms with E-state index < -0.39 is 11.4 Å². The van der Waals surface area contributed by atoms with Gasteiger partial charge in [-0.2, -0.15) is 0 Å². The third-order valence-electron chi connectivity index (χ3n) is 3.46. The Morgan fingerprint density at radius 2 is 1.95 bits per heavy atom. The first-order valence-corrected chi connectivity index (χ1v) is 6.33. The molecule has 0 spiro atoms. The molecule has 0 heterocycles. The van der Waals surface area contributed by atoms with E-state index in [0.29, 0.717) is 31.4 Å². The molecule has 1 amide bonds. The van der Waals surface area contributed by atoms with Gasteiger partial charge in [0.25, 0.3) is 0 Å². The molecule has 4 heteroatoms. The lowest BCUT2D eigenvalue weighted by atomic mass is 9.96. The van der Waals surface area contributed by atoms with Crippen LogP contribution >= 0.6 is 0 Å². The topological polar surface area (TPSA) is 66.4 Å². The summed E-state index contributed by atoms with van der Waals surface area (Å²) in [4.78, 5) is 22.7. The van der Waals surface area contributed by atoms with Crippen LogP contribution in [0.15, 0.2) is 36.9 Å². The number of anilines is 1. The fraction of sp³-hybridized carbons (Fsp3) is 0.333. The Balaban J connectivity index is 2.01. The number of carboxylic acid groups (broad SMARTS) is 1. The molecule has 0 radical (unpaired) electrons. The molecule has 0 atom stereocenters. The maximum atomic E-state index is 11.5. The van der Waals surface area contributed by atoms with Crippen molar-refractivity contribution in [1.82, 2.24) is 0 Å². The van der Waals surface area contributed by atoms with Crippen LogP contribution in [0.4, 0.5) is 5.69 Å². The first-order chi connectivity index (χ1) is 9.08. The average molecular weight is 259 g/mol. The normalized spacial score (nSPS) is 15.6. The highest BCUT2D eigenvalue weighted by Crippen LogP contribution is 2.48. The number of rotatable bonds is 6. The number of hydrogen-bond acceptors (Lipinski definition) is 2. The summed E-state index contributed by atoms with van der Waals surface area (Å²) in [5, 5.41) is 12.0. The van der Waals surface area contributed by atoms with Crippen molar-refractivity contribution in [3.05, 3.63) is 42.5 Å². The highest BCUT2D eigenvalue weighted by Gasteiger charge is 2.51. The van der Waals surface area contributed by atoms with Gasteiger partial charge in [0, 0.05) is 12.1 Å². The van der Waals surface area contributed by atoms with Gasteiger partial charge in [-0.3, -0.25) is 9.59 Å². The minimum atomic E-state index is -0.768. The summed E-state index contributed by atoms with van der Waals surface area (Å²) in [7, 11) is 0. The lowest BCUT2D eigenvalue weighted by Crippen LogP contribution is -2.19. The van der Waals surface area contributed by atoms with Gasteiger partial charge in [0.2, 0.25) is 5.91 Å². The van der Waals surface area contributed by atoms with Gasteiger partial charge >= 0.3 is 5.97 Å². The molecule has 1 aromatic rings. The molecule has 0 bridgehead atoms. The highest BCUT2D eigenvalue weighted by molar-refractivity contribution is 5.91. The zero-order valence-electron chi connectivity index (χ0n) is 10.7. The molecular formula is C15H17NO3. The summed E-state index contributed by atoms with van der Waals surface area (Å²) in [5.74, 6) is -0.831. The van der Waals surface area contributed by atoms with Crippen molar-refractivity contribution in [2.45, 2.75) is 31.1 Å². The minimum absolute atomic E-state index is 0.0629. The zero-order valence-corrected chi connectivity index (χ0v) is 10.7.